The van der Waals surface area contributed by atoms with Crippen molar-refractivity contribution in [2.45, 2.75) is 7.43 Å². The van der Waals surface area contributed by atoms with Crippen molar-refractivity contribution < 1.29 is 19.0 Å². The predicted octanol–water partition coefficient (Wildman–Crippen LogP) is 4.73. The van der Waals surface area contributed by atoms with Crippen LogP contribution in [0.3, 0.4) is 0 Å². The molecule has 0 spiro atoms. The van der Waals surface area contributed by atoms with Crippen LogP contribution in [0, 0.1) is 0 Å². The van der Waals surface area contributed by atoms with Crippen LogP contribution in [0.4, 0.5) is 0 Å². The summed E-state index contributed by atoms with van der Waals surface area (Å²) in [5.74, 6) is 1.52. The molecule has 4 heterocycles. The van der Waals surface area contributed by atoms with Gasteiger partial charge in [-0.1, -0.05) is 31.7 Å². The van der Waals surface area contributed by atoms with Gasteiger partial charge in [0.15, 0.2) is 11.5 Å². The molecule has 1 saturated heterocycles. The normalized spacial score (nSPS) is 14.8. The third-order valence-corrected chi connectivity index (χ3v) is 5.96. The van der Waals surface area contributed by atoms with Crippen molar-refractivity contribution in [1.29, 1.82) is 0 Å². The number of amides is 1. The molecule has 0 radical (unpaired) electrons. The van der Waals surface area contributed by atoms with Crippen molar-refractivity contribution in [2.24, 2.45) is 0 Å². The third kappa shape index (κ3) is 3.70. The highest BCUT2D eigenvalue weighted by Crippen LogP contribution is 2.43. The van der Waals surface area contributed by atoms with Gasteiger partial charge in [-0.15, -0.1) is 0 Å². The van der Waals surface area contributed by atoms with Crippen molar-refractivity contribution in [3.8, 4) is 33.8 Å². The fourth-order valence-electron chi connectivity index (χ4n) is 4.31. The van der Waals surface area contributed by atoms with E-state index in [4.69, 9.17) is 14.2 Å². The van der Waals surface area contributed by atoms with Crippen molar-refractivity contribution in [3.05, 3.63) is 66.5 Å². The number of rotatable bonds is 3. The van der Waals surface area contributed by atoms with E-state index in [1.807, 2.05) is 59.8 Å². The van der Waals surface area contributed by atoms with Crippen LogP contribution in [0.1, 0.15) is 17.8 Å². The zero-order valence-electron chi connectivity index (χ0n) is 17.3. The van der Waals surface area contributed by atoms with Crippen LogP contribution in [-0.2, 0) is 4.74 Å². The molecule has 1 N–H and O–H groups in total. The molecule has 2 aromatic heterocycles. The van der Waals surface area contributed by atoms with Gasteiger partial charge < -0.3 is 24.1 Å². The van der Waals surface area contributed by atoms with E-state index in [1.165, 1.54) is 0 Å². The molecule has 0 unspecified atom stereocenters. The highest BCUT2D eigenvalue weighted by Gasteiger charge is 2.21. The fraction of sp³-hybridized carbons (Fsp3) is 0.231. The average Bonchev–Trinajstić information content (AvgIpc) is 3.51. The Morgan fingerprint density at radius 2 is 1.82 bits per heavy atom. The molecule has 7 heteroatoms. The number of carbonyl (C=O) groups is 1. The van der Waals surface area contributed by atoms with E-state index >= 15 is 0 Å². The van der Waals surface area contributed by atoms with E-state index in [-0.39, 0.29) is 20.1 Å². The summed E-state index contributed by atoms with van der Waals surface area (Å²) in [5.41, 5.74) is 5.31. The molecule has 0 aliphatic carbocycles. The highest BCUT2D eigenvalue weighted by molar-refractivity contribution is 5.99. The van der Waals surface area contributed by atoms with E-state index < -0.39 is 0 Å². The summed E-state index contributed by atoms with van der Waals surface area (Å²) in [4.78, 5) is 22.6. The number of H-pyrrole nitrogens is 1. The van der Waals surface area contributed by atoms with Gasteiger partial charge in [-0.25, -0.2) is 4.98 Å². The summed E-state index contributed by atoms with van der Waals surface area (Å²) in [6.45, 7) is 2.63. The van der Waals surface area contributed by atoms with Crippen molar-refractivity contribution in [1.82, 2.24) is 14.9 Å². The lowest BCUT2D eigenvalue weighted by molar-refractivity contribution is 0.0303. The van der Waals surface area contributed by atoms with Gasteiger partial charge in [0, 0.05) is 53.1 Å². The lowest BCUT2D eigenvalue weighted by atomic mass is 10.00. The number of hydrogen-bond acceptors (Lipinski definition) is 5. The van der Waals surface area contributed by atoms with Crippen molar-refractivity contribution in [2.75, 3.05) is 33.1 Å². The molecule has 6 rings (SSSR count). The van der Waals surface area contributed by atoms with E-state index in [1.54, 1.807) is 0 Å². The SMILES string of the molecule is C.O=C(c1cccc(-c2cnc3[nH]cc(-c4cccc5c4OCO5)c3c2)c1)N1CCOCC1. The number of aromatic nitrogens is 2. The summed E-state index contributed by atoms with van der Waals surface area (Å²) in [7, 11) is 0. The Balaban J connectivity index is 0.00000228. The predicted molar refractivity (Wildman–Crippen MR) is 127 cm³/mol. The number of nitrogens with one attached hydrogen (secondary N) is 1. The number of aromatic amines is 1. The van der Waals surface area contributed by atoms with E-state index in [0.717, 1.165) is 44.8 Å². The van der Waals surface area contributed by atoms with Crippen molar-refractivity contribution in [3.63, 3.8) is 0 Å². The quantitative estimate of drug-likeness (QED) is 0.495. The van der Waals surface area contributed by atoms with Gasteiger partial charge in [0.25, 0.3) is 5.91 Å². The maximum absolute atomic E-state index is 12.9. The van der Waals surface area contributed by atoms with Gasteiger partial charge in [0.05, 0.1) is 13.2 Å². The van der Waals surface area contributed by atoms with Crippen LogP contribution in [0.15, 0.2) is 60.9 Å². The molecule has 1 fully saturated rings. The van der Waals surface area contributed by atoms with Crippen LogP contribution in [0.5, 0.6) is 11.5 Å². The van der Waals surface area contributed by atoms with Crippen LogP contribution in [0.2, 0.25) is 0 Å². The monoisotopic (exact) mass is 443 g/mol. The molecule has 0 bridgehead atoms. The Hall–Kier alpha value is -3.84. The van der Waals surface area contributed by atoms with Crippen molar-refractivity contribution >= 4 is 16.9 Å². The maximum Gasteiger partial charge on any atom is 0.254 e. The molecule has 0 saturated carbocycles. The second-order valence-electron chi connectivity index (χ2n) is 7.85. The van der Waals surface area contributed by atoms with E-state index in [9.17, 15) is 4.79 Å². The first-order valence-corrected chi connectivity index (χ1v) is 10.6. The second-order valence-corrected chi connectivity index (χ2v) is 7.85. The first-order chi connectivity index (χ1) is 15.8. The van der Waals surface area contributed by atoms with Gasteiger partial charge in [-0.05, 0) is 29.8 Å². The first kappa shape index (κ1) is 21.0. The topological polar surface area (TPSA) is 76.7 Å². The molecule has 7 nitrogen and oxygen atoms in total. The number of morpholine rings is 1. The molecular formula is C26H25N3O4. The number of nitrogens with zero attached hydrogens (tertiary/aromatic N) is 2. The van der Waals surface area contributed by atoms with Crippen LogP contribution >= 0.6 is 0 Å². The molecule has 33 heavy (non-hydrogen) atoms. The summed E-state index contributed by atoms with van der Waals surface area (Å²) in [6.07, 6.45) is 3.77. The zero-order chi connectivity index (χ0) is 21.5. The Labute approximate surface area is 191 Å². The van der Waals surface area contributed by atoms with Gasteiger partial charge >= 0.3 is 0 Å². The number of hydrogen-bond donors (Lipinski definition) is 1. The van der Waals surface area contributed by atoms with Crippen LogP contribution < -0.4 is 9.47 Å². The number of carbonyl (C=O) groups excluding carboxylic acids is 1. The van der Waals surface area contributed by atoms with E-state index in [0.29, 0.717) is 31.9 Å². The molecular weight excluding hydrogens is 418 g/mol. The summed E-state index contributed by atoms with van der Waals surface area (Å²) in [6, 6.07) is 15.7. The first-order valence-electron chi connectivity index (χ1n) is 10.6. The smallest absolute Gasteiger partial charge is 0.254 e. The van der Waals surface area contributed by atoms with Gasteiger partial charge in [-0.2, -0.15) is 0 Å². The zero-order valence-corrected chi connectivity index (χ0v) is 17.3. The molecule has 2 aliphatic heterocycles. The molecule has 0 atom stereocenters. The summed E-state index contributed by atoms with van der Waals surface area (Å²) in [5, 5.41) is 0.983. The molecule has 2 aliphatic rings. The number of ether oxygens (including phenoxy) is 3. The number of para-hydroxylation sites is 1. The standard InChI is InChI=1S/C25H21N3O4.CH4/c29-25(28-7-9-30-10-8-28)17-4-1-3-16(11-17)18-12-20-21(14-27-24(20)26-13-18)19-5-2-6-22-23(19)32-15-31-22;/h1-6,11-14H,7-10,15H2,(H,26,27);1H4. The number of fused-ring (bicyclic) bond motifs is 2. The molecule has 1 amide bonds. The summed E-state index contributed by atoms with van der Waals surface area (Å²) < 4.78 is 16.6. The maximum atomic E-state index is 12.9. The Bertz CT molecular complexity index is 1320. The number of pyridine rings is 1. The number of benzene rings is 2. The molecule has 2 aromatic carbocycles. The lowest BCUT2D eigenvalue weighted by Gasteiger charge is -2.27. The molecule has 4 aromatic rings. The van der Waals surface area contributed by atoms with Gasteiger partial charge in [-0.3, -0.25) is 4.79 Å². The van der Waals surface area contributed by atoms with Crippen LogP contribution in [0.25, 0.3) is 33.3 Å². The van der Waals surface area contributed by atoms with Gasteiger partial charge in [0.2, 0.25) is 6.79 Å². The van der Waals surface area contributed by atoms with E-state index in [2.05, 4.69) is 16.0 Å². The largest absolute Gasteiger partial charge is 0.454 e. The third-order valence-electron chi connectivity index (χ3n) is 5.96. The minimum absolute atomic E-state index is 0. The highest BCUT2D eigenvalue weighted by atomic mass is 16.7. The average molecular weight is 444 g/mol. The van der Waals surface area contributed by atoms with Crippen LogP contribution in [-0.4, -0.2) is 53.9 Å². The Morgan fingerprint density at radius 3 is 2.70 bits per heavy atom. The lowest BCUT2D eigenvalue weighted by Crippen LogP contribution is -2.40. The Kier molecular flexibility index (Phi) is 5.48. The fourth-order valence-corrected chi connectivity index (χ4v) is 4.31. The Morgan fingerprint density at radius 1 is 0.970 bits per heavy atom. The van der Waals surface area contributed by atoms with Gasteiger partial charge in [0.1, 0.15) is 5.65 Å². The minimum atomic E-state index is 0. The summed E-state index contributed by atoms with van der Waals surface area (Å²) >= 11 is 0. The second kappa shape index (κ2) is 8.60. The molecule has 168 valence electrons. The minimum Gasteiger partial charge on any atom is -0.454 e.